The largest absolute Gasteiger partial charge is 0.471 e. The van der Waals surface area contributed by atoms with Gasteiger partial charge < -0.3 is 9.88 Å². The zero-order valence-corrected chi connectivity index (χ0v) is 13.7. The Labute approximate surface area is 147 Å². The summed E-state index contributed by atoms with van der Waals surface area (Å²) in [6, 6.07) is 7.56. The molecule has 1 fully saturated rings. The van der Waals surface area contributed by atoms with Crippen molar-refractivity contribution in [1.29, 1.82) is 0 Å². The van der Waals surface area contributed by atoms with Gasteiger partial charge >= 0.3 is 12.1 Å². The number of halogens is 3. The van der Waals surface area contributed by atoms with Gasteiger partial charge in [0.25, 0.3) is 0 Å². The molecule has 0 radical (unpaired) electrons. The van der Waals surface area contributed by atoms with Gasteiger partial charge in [0.15, 0.2) is 0 Å². The van der Waals surface area contributed by atoms with Crippen LogP contribution in [-0.2, 0) is 9.59 Å². The molecule has 1 aliphatic heterocycles. The highest BCUT2D eigenvalue weighted by atomic mass is 19.4. The second-order valence-electron chi connectivity index (χ2n) is 6.11. The number of hydrogen-bond acceptors (Lipinski definition) is 3. The summed E-state index contributed by atoms with van der Waals surface area (Å²) < 4.78 is 37.6. The van der Waals surface area contributed by atoms with E-state index in [-0.39, 0.29) is 13.1 Å². The summed E-state index contributed by atoms with van der Waals surface area (Å²) in [6.45, 7) is -0.256. The standard InChI is InChI=1S/C17H17F3N4O2/c18-17(19,20)16(26)24-7-3-4-11(10-24)15(25)23-22-9-12-8-21-14-6-2-1-5-13(12)14/h1-2,5-6,8-9,11,21H,3-4,7,10H2,(H,23,25)/b22-9-/t11-/m1/s1. The summed E-state index contributed by atoms with van der Waals surface area (Å²) in [5.41, 5.74) is 4.05. The molecule has 1 aliphatic rings. The van der Waals surface area contributed by atoms with Gasteiger partial charge in [-0.05, 0) is 18.9 Å². The number of H-pyrrole nitrogens is 1. The molecule has 0 saturated carbocycles. The average Bonchev–Trinajstić information content (AvgIpc) is 3.03. The van der Waals surface area contributed by atoms with Crippen molar-refractivity contribution in [2.24, 2.45) is 11.0 Å². The fraction of sp³-hybridized carbons (Fsp3) is 0.353. The summed E-state index contributed by atoms with van der Waals surface area (Å²) in [6.07, 6.45) is -0.961. The highest BCUT2D eigenvalue weighted by Gasteiger charge is 2.44. The lowest BCUT2D eigenvalue weighted by molar-refractivity contribution is -0.187. The average molecular weight is 366 g/mol. The maximum absolute atomic E-state index is 12.5. The van der Waals surface area contributed by atoms with Crippen LogP contribution in [0.2, 0.25) is 0 Å². The molecule has 1 atom stereocenters. The minimum atomic E-state index is -4.92. The van der Waals surface area contributed by atoms with E-state index in [0.717, 1.165) is 16.5 Å². The Kier molecular flexibility index (Phi) is 4.97. The number of likely N-dealkylation sites (tertiary alicyclic amines) is 1. The SMILES string of the molecule is O=C(N/N=C\c1c[nH]c2ccccc12)[C@@H]1CCCN(C(=O)C(F)(F)F)C1. The van der Waals surface area contributed by atoms with Crippen molar-refractivity contribution in [1.82, 2.24) is 15.3 Å². The van der Waals surface area contributed by atoms with Gasteiger partial charge in [0.05, 0.1) is 12.1 Å². The fourth-order valence-electron chi connectivity index (χ4n) is 3.01. The number of aromatic amines is 1. The summed E-state index contributed by atoms with van der Waals surface area (Å²) in [4.78, 5) is 27.2. The van der Waals surface area contributed by atoms with Crippen LogP contribution in [0.1, 0.15) is 18.4 Å². The van der Waals surface area contributed by atoms with Crippen molar-refractivity contribution in [3.8, 4) is 0 Å². The summed E-state index contributed by atoms with van der Waals surface area (Å²) in [7, 11) is 0. The van der Waals surface area contributed by atoms with E-state index >= 15 is 0 Å². The van der Waals surface area contributed by atoms with Crippen LogP contribution >= 0.6 is 0 Å². The molecule has 2 aromatic rings. The van der Waals surface area contributed by atoms with Crippen LogP contribution in [0.25, 0.3) is 10.9 Å². The van der Waals surface area contributed by atoms with Crippen LogP contribution in [-0.4, -0.2) is 47.2 Å². The van der Waals surface area contributed by atoms with E-state index in [1.165, 1.54) is 6.21 Å². The minimum Gasteiger partial charge on any atom is -0.361 e. The zero-order chi connectivity index (χ0) is 18.7. The van der Waals surface area contributed by atoms with Crippen LogP contribution in [0.15, 0.2) is 35.6 Å². The van der Waals surface area contributed by atoms with E-state index < -0.39 is 23.9 Å². The number of nitrogens with one attached hydrogen (secondary N) is 2. The molecule has 3 rings (SSSR count). The Morgan fingerprint density at radius 1 is 1.31 bits per heavy atom. The lowest BCUT2D eigenvalue weighted by Crippen LogP contribution is -2.49. The summed E-state index contributed by atoms with van der Waals surface area (Å²) in [5, 5.41) is 4.82. The predicted molar refractivity (Wildman–Crippen MR) is 89.4 cm³/mol. The van der Waals surface area contributed by atoms with Gasteiger partial charge in [-0.15, -0.1) is 0 Å². The highest BCUT2D eigenvalue weighted by molar-refractivity contribution is 5.99. The number of hydrogen-bond donors (Lipinski definition) is 2. The Morgan fingerprint density at radius 3 is 2.85 bits per heavy atom. The Bertz CT molecular complexity index is 844. The minimum absolute atomic E-state index is 0.000725. The third kappa shape index (κ3) is 3.87. The number of aromatic nitrogens is 1. The van der Waals surface area contributed by atoms with Crippen LogP contribution in [0.5, 0.6) is 0 Å². The second-order valence-corrected chi connectivity index (χ2v) is 6.11. The number of benzene rings is 1. The summed E-state index contributed by atoms with van der Waals surface area (Å²) >= 11 is 0. The topological polar surface area (TPSA) is 77.6 Å². The fourth-order valence-corrected chi connectivity index (χ4v) is 3.01. The third-order valence-electron chi connectivity index (χ3n) is 4.32. The van der Waals surface area contributed by atoms with E-state index in [4.69, 9.17) is 0 Å². The molecule has 9 heteroatoms. The van der Waals surface area contributed by atoms with Gasteiger partial charge in [-0.3, -0.25) is 9.59 Å². The van der Waals surface area contributed by atoms with Crippen LogP contribution in [0.4, 0.5) is 13.2 Å². The number of hydrazone groups is 1. The van der Waals surface area contributed by atoms with E-state index in [1.807, 2.05) is 24.3 Å². The molecule has 26 heavy (non-hydrogen) atoms. The molecule has 2 N–H and O–H groups in total. The van der Waals surface area contributed by atoms with Crippen molar-refractivity contribution < 1.29 is 22.8 Å². The number of amides is 2. The molecular formula is C17H17F3N4O2. The molecule has 0 spiro atoms. The zero-order valence-electron chi connectivity index (χ0n) is 13.7. The first-order valence-corrected chi connectivity index (χ1v) is 8.11. The number of nitrogens with zero attached hydrogens (tertiary/aromatic N) is 2. The van der Waals surface area contributed by atoms with E-state index in [2.05, 4.69) is 15.5 Å². The van der Waals surface area contributed by atoms with Gasteiger partial charge in [-0.25, -0.2) is 5.43 Å². The summed E-state index contributed by atoms with van der Waals surface area (Å²) in [5.74, 6) is -3.12. The lowest BCUT2D eigenvalue weighted by Gasteiger charge is -2.31. The first kappa shape index (κ1) is 18.0. The number of fused-ring (bicyclic) bond motifs is 1. The van der Waals surface area contributed by atoms with E-state index in [0.29, 0.717) is 17.7 Å². The van der Waals surface area contributed by atoms with Crippen molar-refractivity contribution in [2.45, 2.75) is 19.0 Å². The van der Waals surface area contributed by atoms with Crippen LogP contribution < -0.4 is 5.43 Å². The first-order chi connectivity index (χ1) is 12.4. The van der Waals surface area contributed by atoms with Gasteiger partial charge in [0.1, 0.15) is 0 Å². The molecule has 6 nitrogen and oxygen atoms in total. The molecule has 1 aromatic heterocycles. The number of rotatable bonds is 3. The predicted octanol–water partition coefficient (Wildman–Crippen LogP) is 2.42. The number of carbonyl (C=O) groups is 2. The maximum atomic E-state index is 12.5. The molecule has 2 amide bonds. The van der Waals surface area contributed by atoms with E-state index in [1.54, 1.807) is 6.20 Å². The first-order valence-electron chi connectivity index (χ1n) is 8.11. The smallest absolute Gasteiger partial charge is 0.361 e. The molecule has 1 aromatic carbocycles. The normalized spacial score (nSPS) is 18.4. The monoisotopic (exact) mass is 366 g/mol. The van der Waals surface area contributed by atoms with Crippen molar-refractivity contribution in [3.63, 3.8) is 0 Å². The molecule has 2 heterocycles. The van der Waals surface area contributed by atoms with Gasteiger partial charge in [-0.2, -0.15) is 18.3 Å². The molecule has 0 bridgehead atoms. The number of carbonyl (C=O) groups excluding carboxylic acids is 2. The lowest BCUT2D eigenvalue weighted by atomic mass is 9.97. The van der Waals surface area contributed by atoms with E-state index in [9.17, 15) is 22.8 Å². The number of piperidine rings is 1. The Balaban J connectivity index is 1.60. The molecule has 1 saturated heterocycles. The van der Waals surface area contributed by atoms with Gasteiger partial charge in [0.2, 0.25) is 5.91 Å². The highest BCUT2D eigenvalue weighted by Crippen LogP contribution is 2.24. The molecule has 0 aliphatic carbocycles. The molecule has 0 unspecified atom stereocenters. The van der Waals surface area contributed by atoms with Crippen molar-refractivity contribution in [2.75, 3.05) is 13.1 Å². The Hall–Kier alpha value is -2.84. The quantitative estimate of drug-likeness (QED) is 0.646. The van der Waals surface area contributed by atoms with Crippen molar-refractivity contribution >= 4 is 28.9 Å². The molecule has 138 valence electrons. The maximum Gasteiger partial charge on any atom is 0.471 e. The van der Waals surface area contributed by atoms with Crippen molar-refractivity contribution in [3.05, 3.63) is 36.0 Å². The third-order valence-corrected chi connectivity index (χ3v) is 4.32. The Morgan fingerprint density at radius 2 is 2.08 bits per heavy atom. The van der Waals surface area contributed by atoms with Gasteiger partial charge in [0, 0.05) is 35.8 Å². The second kappa shape index (κ2) is 7.19. The van der Waals surface area contributed by atoms with Crippen LogP contribution in [0, 0.1) is 5.92 Å². The van der Waals surface area contributed by atoms with Gasteiger partial charge in [-0.1, -0.05) is 18.2 Å². The number of alkyl halides is 3. The van der Waals surface area contributed by atoms with Crippen LogP contribution in [0.3, 0.4) is 0 Å². The molecular weight excluding hydrogens is 349 g/mol. The number of para-hydroxylation sites is 1.